The van der Waals surface area contributed by atoms with Crippen molar-refractivity contribution in [2.24, 2.45) is 10.1 Å². The lowest BCUT2D eigenvalue weighted by Gasteiger charge is -2.34. The summed E-state index contributed by atoms with van der Waals surface area (Å²) in [6.45, 7) is 3.64. The van der Waals surface area contributed by atoms with Crippen molar-refractivity contribution in [3.05, 3.63) is 28.2 Å². The predicted molar refractivity (Wildman–Crippen MR) is 87.0 cm³/mol. The minimum atomic E-state index is -2.90. The summed E-state index contributed by atoms with van der Waals surface area (Å²) in [5, 5.41) is 9.42. The van der Waals surface area contributed by atoms with Crippen molar-refractivity contribution in [3.63, 3.8) is 0 Å². The van der Waals surface area contributed by atoms with E-state index >= 15 is 0 Å². The third-order valence-electron chi connectivity index (χ3n) is 3.90. The lowest BCUT2D eigenvalue weighted by molar-refractivity contribution is 0.475. The zero-order valence-electron chi connectivity index (χ0n) is 12.5. The van der Waals surface area contributed by atoms with Crippen LogP contribution in [-0.2, 0) is 15.3 Å². The molecular formula is C14H18BrFN4OS. The SMILES string of the molecule is C[C@](N)(C[S@]1(=O)=NCCC[C@@]1(C)C#N)c1nc(Br)ccc1F. The van der Waals surface area contributed by atoms with Crippen molar-refractivity contribution >= 4 is 25.7 Å². The van der Waals surface area contributed by atoms with Gasteiger partial charge in [-0.3, -0.25) is 0 Å². The normalized spacial score (nSPS) is 30.9. The smallest absolute Gasteiger partial charge is 0.146 e. The molecule has 1 aliphatic heterocycles. The summed E-state index contributed by atoms with van der Waals surface area (Å²) in [5.74, 6) is -0.671. The molecule has 0 saturated heterocycles. The summed E-state index contributed by atoms with van der Waals surface area (Å²) < 4.78 is 30.9. The average molecular weight is 389 g/mol. The van der Waals surface area contributed by atoms with E-state index in [1.807, 2.05) is 0 Å². The Hall–Kier alpha value is -1.04. The maximum Gasteiger partial charge on any atom is 0.146 e. The van der Waals surface area contributed by atoms with Gasteiger partial charge in [0.05, 0.1) is 32.8 Å². The Morgan fingerprint density at radius 2 is 2.32 bits per heavy atom. The van der Waals surface area contributed by atoms with E-state index in [1.54, 1.807) is 13.8 Å². The molecule has 5 nitrogen and oxygen atoms in total. The molecule has 2 rings (SSSR count). The highest BCUT2D eigenvalue weighted by Crippen LogP contribution is 2.34. The maximum atomic E-state index is 14.1. The highest BCUT2D eigenvalue weighted by Gasteiger charge is 2.44. The molecule has 0 saturated carbocycles. The largest absolute Gasteiger partial charge is 0.319 e. The van der Waals surface area contributed by atoms with E-state index in [4.69, 9.17) is 5.73 Å². The number of hydrogen-bond acceptors (Lipinski definition) is 5. The number of pyridine rings is 1. The van der Waals surface area contributed by atoms with E-state index in [0.717, 1.165) is 0 Å². The molecule has 8 heteroatoms. The van der Waals surface area contributed by atoms with Gasteiger partial charge in [0, 0.05) is 6.54 Å². The third-order valence-corrected chi connectivity index (χ3v) is 7.64. The Morgan fingerprint density at radius 3 is 2.95 bits per heavy atom. The van der Waals surface area contributed by atoms with Crippen LogP contribution < -0.4 is 5.73 Å². The molecule has 0 bridgehead atoms. The number of aromatic nitrogens is 1. The minimum Gasteiger partial charge on any atom is -0.319 e. The first kappa shape index (κ1) is 17.3. The molecule has 120 valence electrons. The van der Waals surface area contributed by atoms with Gasteiger partial charge in [0.2, 0.25) is 0 Å². The summed E-state index contributed by atoms with van der Waals surface area (Å²) in [5.41, 5.74) is 4.96. The van der Waals surface area contributed by atoms with Gasteiger partial charge in [0.15, 0.2) is 0 Å². The quantitative estimate of drug-likeness (QED) is 0.805. The standard InChI is InChI=1S/C14H18BrFN4OS/c1-13(8-17)6-3-7-19-22(13,21)9-14(2,18)12-10(16)4-5-11(15)20-12/h4-5H,3,6-7,9,18H2,1-2H3/t13-,14-,22+/m0/s1. The number of halogens is 2. The second-order valence-electron chi connectivity index (χ2n) is 5.97. The molecule has 0 fully saturated rings. The van der Waals surface area contributed by atoms with Crippen LogP contribution in [0.5, 0.6) is 0 Å². The lowest BCUT2D eigenvalue weighted by atomic mass is 10.0. The van der Waals surface area contributed by atoms with Crippen LogP contribution in [0, 0.1) is 17.1 Å². The summed E-state index contributed by atoms with van der Waals surface area (Å²) in [6, 6.07) is 4.85. The first-order chi connectivity index (χ1) is 10.1. The van der Waals surface area contributed by atoms with Crippen molar-refractivity contribution in [3.8, 4) is 6.07 Å². The van der Waals surface area contributed by atoms with Crippen molar-refractivity contribution in [1.82, 2.24) is 4.98 Å². The number of nitriles is 1. The van der Waals surface area contributed by atoms with Gasteiger partial charge in [-0.05, 0) is 54.8 Å². The van der Waals surface area contributed by atoms with Crippen molar-refractivity contribution in [2.75, 3.05) is 12.3 Å². The molecule has 1 aromatic heterocycles. The Morgan fingerprint density at radius 1 is 1.64 bits per heavy atom. The van der Waals surface area contributed by atoms with Crippen LogP contribution in [-0.4, -0.2) is 26.2 Å². The van der Waals surface area contributed by atoms with Crippen LogP contribution in [0.25, 0.3) is 0 Å². The number of hydrogen-bond donors (Lipinski definition) is 1. The molecule has 0 amide bonds. The topological polar surface area (TPSA) is 92.1 Å². The molecule has 22 heavy (non-hydrogen) atoms. The van der Waals surface area contributed by atoms with Gasteiger partial charge in [-0.15, -0.1) is 0 Å². The second-order valence-corrected chi connectivity index (χ2v) is 9.51. The molecule has 2 N–H and O–H groups in total. The Kier molecular flexibility index (Phi) is 4.62. The third kappa shape index (κ3) is 3.03. The summed E-state index contributed by atoms with van der Waals surface area (Å²) in [6.07, 6.45) is 1.21. The van der Waals surface area contributed by atoms with E-state index in [0.29, 0.717) is 24.0 Å². The van der Waals surface area contributed by atoms with Gasteiger partial charge in [-0.1, -0.05) is 0 Å². The van der Waals surface area contributed by atoms with Crippen LogP contribution in [0.4, 0.5) is 4.39 Å². The molecule has 1 aromatic rings. The van der Waals surface area contributed by atoms with Crippen molar-refractivity contribution < 1.29 is 8.60 Å². The van der Waals surface area contributed by atoms with Crippen LogP contribution in [0.2, 0.25) is 0 Å². The fraction of sp³-hybridized carbons (Fsp3) is 0.571. The fourth-order valence-electron chi connectivity index (χ4n) is 2.56. The molecule has 3 atom stereocenters. The minimum absolute atomic E-state index is 0.0191. The van der Waals surface area contributed by atoms with E-state index in [2.05, 4.69) is 31.3 Å². The first-order valence-corrected chi connectivity index (χ1v) is 9.34. The summed E-state index contributed by atoms with van der Waals surface area (Å²) in [7, 11) is -2.90. The number of nitrogens with two attached hydrogens (primary N) is 1. The van der Waals surface area contributed by atoms with E-state index in [-0.39, 0.29) is 11.4 Å². The molecule has 0 unspecified atom stereocenters. The van der Waals surface area contributed by atoms with E-state index < -0.39 is 25.8 Å². The Bertz CT molecular complexity index is 752. The number of nitrogens with zero attached hydrogens (tertiary/aromatic N) is 3. The fourth-order valence-corrected chi connectivity index (χ4v) is 5.54. The van der Waals surface area contributed by atoms with Crippen LogP contribution in [0.1, 0.15) is 32.4 Å². The van der Waals surface area contributed by atoms with E-state index in [9.17, 15) is 13.9 Å². The molecule has 2 heterocycles. The predicted octanol–water partition coefficient (Wildman–Crippen LogP) is 2.70. The summed E-state index contributed by atoms with van der Waals surface area (Å²) in [4.78, 5) is 4.08. The van der Waals surface area contributed by atoms with Gasteiger partial charge in [-0.2, -0.15) is 5.26 Å². The second kappa shape index (κ2) is 5.87. The van der Waals surface area contributed by atoms with Crippen molar-refractivity contribution in [2.45, 2.75) is 37.0 Å². The Labute approximate surface area is 138 Å². The molecule has 0 spiro atoms. The van der Waals surface area contributed by atoms with Gasteiger partial charge in [0.25, 0.3) is 0 Å². The molecule has 0 aliphatic carbocycles. The monoisotopic (exact) mass is 388 g/mol. The van der Waals surface area contributed by atoms with Crippen LogP contribution in [0.3, 0.4) is 0 Å². The number of rotatable bonds is 3. The molecule has 0 radical (unpaired) electrons. The first-order valence-electron chi connectivity index (χ1n) is 6.86. The van der Waals surface area contributed by atoms with E-state index in [1.165, 1.54) is 12.1 Å². The van der Waals surface area contributed by atoms with Gasteiger partial charge >= 0.3 is 0 Å². The zero-order chi connectivity index (χ0) is 16.6. The molecular weight excluding hydrogens is 371 g/mol. The van der Waals surface area contributed by atoms with Gasteiger partial charge < -0.3 is 5.73 Å². The highest BCUT2D eigenvalue weighted by atomic mass is 79.9. The van der Waals surface area contributed by atoms with Crippen LogP contribution >= 0.6 is 15.9 Å². The zero-order valence-corrected chi connectivity index (χ0v) is 14.9. The molecule has 0 aromatic carbocycles. The Balaban J connectivity index is 2.48. The van der Waals surface area contributed by atoms with Gasteiger partial charge in [0.1, 0.15) is 15.2 Å². The highest BCUT2D eigenvalue weighted by molar-refractivity contribution is 9.10. The lowest BCUT2D eigenvalue weighted by Crippen LogP contribution is -2.49. The van der Waals surface area contributed by atoms with Gasteiger partial charge in [-0.25, -0.2) is 17.9 Å². The van der Waals surface area contributed by atoms with Crippen molar-refractivity contribution in [1.29, 1.82) is 5.26 Å². The summed E-state index contributed by atoms with van der Waals surface area (Å²) >= 11 is 3.18. The average Bonchev–Trinajstić information content (AvgIpc) is 2.44. The van der Waals surface area contributed by atoms with Crippen LogP contribution in [0.15, 0.2) is 21.1 Å². The molecule has 1 aliphatic rings. The maximum absolute atomic E-state index is 14.1.